The number of carbonyl (C=O) groups excluding carboxylic acids is 2. The van der Waals surface area contributed by atoms with Crippen molar-refractivity contribution >= 4 is 65.2 Å². The Morgan fingerprint density at radius 3 is 0.881 bits per heavy atom. The second-order valence-electron chi connectivity index (χ2n) is 20.5. The summed E-state index contributed by atoms with van der Waals surface area (Å²) in [5, 5.41) is 0. The van der Waals surface area contributed by atoms with E-state index in [0.29, 0.717) is 22.6 Å². The maximum Gasteiger partial charge on any atom is 2.00 e. The minimum absolute atomic E-state index is 0. The van der Waals surface area contributed by atoms with E-state index in [-0.39, 0.29) is 63.3 Å². The minimum atomic E-state index is -4.01. The minimum Gasteiger partial charge on any atom is -0.778 e. The number of carbonyl (C=O) groups is 2. The normalized spacial score (nSPS) is 14.7. The van der Waals surface area contributed by atoms with Crippen LogP contribution in [-0.2, 0) is 61.6 Å². The summed E-state index contributed by atoms with van der Waals surface area (Å²) >= 11 is 0. The first kappa shape index (κ1) is 57.5. The van der Waals surface area contributed by atoms with Gasteiger partial charge < -0.3 is 46.9 Å². The predicted octanol–water partition coefficient (Wildman–Crippen LogP) is 11.0. The molecular formula is C44H72CaO12P2. The molecule has 0 amide bonds. The second kappa shape index (κ2) is 21.3. The summed E-state index contributed by atoms with van der Waals surface area (Å²) in [6.45, 7) is 37.9. The van der Waals surface area contributed by atoms with Crippen LogP contribution in [0.25, 0.3) is 0 Å². The van der Waals surface area contributed by atoms with Gasteiger partial charge in [0.05, 0.1) is 13.2 Å². The van der Waals surface area contributed by atoms with E-state index in [1.165, 1.54) is 0 Å². The molecule has 0 spiro atoms. The summed E-state index contributed by atoms with van der Waals surface area (Å²) in [5.74, 6) is 0.834. The summed E-state index contributed by atoms with van der Waals surface area (Å²) in [4.78, 5) is 49.3. The molecule has 15 heteroatoms. The van der Waals surface area contributed by atoms with Gasteiger partial charge in [-0.1, -0.05) is 107 Å². The Balaban J connectivity index is 0.00000112. The molecule has 0 N–H and O–H groups in total. The Hall–Kier alpha value is -1.46. The molecule has 0 radical (unpaired) electrons. The number of benzene rings is 2. The van der Waals surface area contributed by atoms with E-state index in [2.05, 4.69) is 0 Å². The van der Waals surface area contributed by atoms with Crippen molar-refractivity contribution in [3.05, 3.63) is 57.6 Å². The van der Waals surface area contributed by atoms with Crippen molar-refractivity contribution in [1.29, 1.82) is 0 Å². The smallest absolute Gasteiger partial charge is 0.778 e. The molecule has 0 saturated heterocycles. The summed E-state index contributed by atoms with van der Waals surface area (Å²) in [6.07, 6.45) is -2.02. The van der Waals surface area contributed by atoms with E-state index >= 15 is 0 Å². The summed E-state index contributed by atoms with van der Waals surface area (Å²) in [6, 6.07) is 7.11. The molecule has 0 aliphatic heterocycles. The fraction of sp³-hybridized carbons (Fsp3) is 0.682. The molecule has 59 heavy (non-hydrogen) atoms. The zero-order valence-corrected chi connectivity index (χ0v) is 43.6. The average molecular weight is 895 g/mol. The van der Waals surface area contributed by atoms with Crippen LogP contribution in [0.1, 0.15) is 172 Å². The van der Waals surface area contributed by atoms with Gasteiger partial charge in [-0.25, -0.2) is 9.59 Å². The van der Waals surface area contributed by atoms with Gasteiger partial charge in [-0.15, -0.1) is 0 Å². The van der Waals surface area contributed by atoms with Crippen LogP contribution >= 0.6 is 15.2 Å². The van der Waals surface area contributed by atoms with Crippen LogP contribution in [0.4, 0.5) is 9.59 Å². The number of hydrogen-bond acceptors (Lipinski definition) is 12. The van der Waals surface area contributed by atoms with Crippen molar-refractivity contribution in [2.75, 3.05) is 13.2 Å². The van der Waals surface area contributed by atoms with Crippen molar-refractivity contribution in [3.8, 4) is 11.5 Å². The van der Waals surface area contributed by atoms with E-state index < -0.39 is 60.4 Å². The van der Waals surface area contributed by atoms with Gasteiger partial charge in [0.1, 0.15) is 37.9 Å². The number of ether oxygens (including phenoxy) is 4. The maximum absolute atomic E-state index is 12.4. The van der Waals surface area contributed by atoms with Gasteiger partial charge in [-0.2, -0.15) is 0 Å². The van der Waals surface area contributed by atoms with E-state index in [1.54, 1.807) is 79.7 Å². The van der Waals surface area contributed by atoms with E-state index in [9.17, 15) is 28.5 Å². The molecule has 0 bridgehead atoms. The van der Waals surface area contributed by atoms with Crippen LogP contribution in [0.5, 0.6) is 11.5 Å². The van der Waals surface area contributed by atoms with Crippen molar-refractivity contribution in [2.24, 2.45) is 0 Å². The molecule has 2 aromatic rings. The molecule has 12 nitrogen and oxygen atoms in total. The Kier molecular flexibility index (Phi) is 20.7. The number of rotatable bonds is 10. The zero-order chi connectivity index (χ0) is 45.7. The Morgan fingerprint density at radius 2 is 0.712 bits per heavy atom. The molecule has 0 saturated carbocycles. The first-order valence-electron chi connectivity index (χ1n) is 19.8. The molecule has 2 aromatic carbocycles. The summed E-state index contributed by atoms with van der Waals surface area (Å²) in [7, 11) is -8.02. The fourth-order valence-corrected chi connectivity index (χ4v) is 7.88. The van der Waals surface area contributed by atoms with E-state index in [4.69, 9.17) is 28.0 Å². The van der Waals surface area contributed by atoms with Crippen LogP contribution in [0.2, 0.25) is 0 Å². The van der Waals surface area contributed by atoms with Crippen LogP contribution in [0, 0.1) is 0 Å². The maximum atomic E-state index is 12.4. The van der Waals surface area contributed by atoms with Crippen LogP contribution in [-0.4, -0.2) is 74.5 Å². The molecule has 0 aliphatic rings. The van der Waals surface area contributed by atoms with Crippen molar-refractivity contribution in [1.82, 2.24) is 0 Å². The molecule has 0 heterocycles. The molecule has 0 aliphatic carbocycles. The van der Waals surface area contributed by atoms with Crippen molar-refractivity contribution < 1.29 is 56.5 Å². The molecule has 2 unspecified atom stereocenters. The van der Waals surface area contributed by atoms with Crippen LogP contribution < -0.4 is 19.3 Å². The van der Waals surface area contributed by atoms with Gasteiger partial charge in [0.25, 0.3) is 0 Å². The van der Waals surface area contributed by atoms with E-state index in [0.717, 1.165) is 22.3 Å². The van der Waals surface area contributed by atoms with Gasteiger partial charge in [0, 0.05) is 34.6 Å². The predicted molar refractivity (Wildman–Crippen MR) is 233 cm³/mol. The first-order valence-corrected chi connectivity index (χ1v) is 23.2. The molecule has 2 atom stereocenters. The van der Waals surface area contributed by atoms with Crippen LogP contribution in [0.3, 0.4) is 0 Å². The van der Waals surface area contributed by atoms with Crippen molar-refractivity contribution in [2.45, 2.75) is 184 Å². The third-order valence-corrected chi connectivity index (χ3v) is 10.9. The van der Waals surface area contributed by atoms with Gasteiger partial charge in [-0.05, 0) is 88.2 Å². The monoisotopic (exact) mass is 894 g/mol. The van der Waals surface area contributed by atoms with Crippen molar-refractivity contribution in [3.63, 3.8) is 0 Å². The molecule has 332 valence electrons. The largest absolute Gasteiger partial charge is 2.00 e. The zero-order valence-electron chi connectivity index (χ0n) is 39.6. The topological polar surface area (TPSA) is 170 Å². The van der Waals surface area contributed by atoms with Gasteiger partial charge in [0.15, 0.2) is 0 Å². The van der Waals surface area contributed by atoms with Crippen LogP contribution in [0.15, 0.2) is 24.3 Å². The Labute approximate surface area is 385 Å². The quantitative estimate of drug-likeness (QED) is 0.0958. The summed E-state index contributed by atoms with van der Waals surface area (Å²) < 4.78 is 56.4. The third kappa shape index (κ3) is 20.5. The summed E-state index contributed by atoms with van der Waals surface area (Å²) in [5.41, 5.74) is 1.19. The fourth-order valence-electron chi connectivity index (χ4n) is 5.65. The van der Waals surface area contributed by atoms with Gasteiger partial charge >= 0.3 is 50.0 Å². The Morgan fingerprint density at radius 1 is 0.492 bits per heavy atom. The molecule has 0 fully saturated rings. The molecule has 0 aromatic heterocycles. The SMILES string of the molecule is CCOP(=O)([O-])Cc1cc(C(C)(C)C)c(OC(=O)OC(C)(C)C)c(C(C)(C)C)c1.CCOP(=O)([O-])Cc1cc(C(C)(C)C)c(OC(=O)OC(C)(C)C)c(C(C)(C)C)c1.[Ca+2]. The van der Waals surface area contributed by atoms with E-state index in [1.807, 2.05) is 83.1 Å². The first-order chi connectivity index (χ1) is 25.7. The average Bonchev–Trinajstić information content (AvgIpc) is 2.94. The second-order valence-corrected chi connectivity index (χ2v) is 24.1. The molecule has 2 rings (SSSR count). The third-order valence-electron chi connectivity index (χ3n) is 8.08. The molecular weight excluding hydrogens is 822 g/mol. The number of hydrogen-bond donors (Lipinski definition) is 0. The standard InChI is InChI=1S/2C22H37O6P.Ca/c2*1-11-26-29(24,25)14-15-12-16(20(2,3)4)18(17(13-15)21(5,6)7)27-19(23)28-22(8,9)10;/h2*12-13H,11,14H2,1-10H3,(H,24,25);/q;;+2/p-2. The van der Waals surface area contributed by atoms with Gasteiger partial charge in [-0.3, -0.25) is 0 Å². The van der Waals surface area contributed by atoms with Gasteiger partial charge in [0.2, 0.25) is 0 Å². The Bertz CT molecular complexity index is 1630.